The van der Waals surface area contributed by atoms with E-state index in [2.05, 4.69) is 25.6 Å². The molecule has 3 rings (SSSR count). The maximum atomic E-state index is 14.2. The summed E-state index contributed by atoms with van der Waals surface area (Å²) in [5.74, 6) is -2.05. The first kappa shape index (κ1) is 21.6. The maximum absolute atomic E-state index is 14.2. The topological polar surface area (TPSA) is 125 Å². The first-order chi connectivity index (χ1) is 14.5. The zero-order valence-corrected chi connectivity index (χ0v) is 15.6. The fourth-order valence-electron chi connectivity index (χ4n) is 2.51. The average molecular weight is 440 g/mol. The molecule has 0 aliphatic heterocycles. The van der Waals surface area contributed by atoms with Gasteiger partial charge in [0.2, 0.25) is 0 Å². The first-order valence-corrected chi connectivity index (χ1v) is 8.39. The molecule has 0 atom stereocenters. The van der Waals surface area contributed by atoms with Crippen molar-refractivity contribution >= 4 is 17.3 Å². The number of hydrogen-bond donors (Lipinski definition) is 1. The number of benzene rings is 2. The third-order valence-electron chi connectivity index (χ3n) is 3.88. The normalized spacial score (nSPS) is 11.3. The van der Waals surface area contributed by atoms with Crippen molar-refractivity contribution in [1.29, 1.82) is 0 Å². The van der Waals surface area contributed by atoms with Crippen LogP contribution in [0.1, 0.15) is 16.2 Å². The van der Waals surface area contributed by atoms with E-state index in [1.165, 1.54) is 16.8 Å². The molecule has 0 saturated heterocycles. The number of nitrogens with one attached hydrogen (secondary N) is 1. The largest absolute Gasteiger partial charge is 0.484 e. The number of carbonyl (C=O) groups is 1. The van der Waals surface area contributed by atoms with Crippen LogP contribution in [0.5, 0.6) is 5.75 Å². The van der Waals surface area contributed by atoms with Gasteiger partial charge in [0, 0.05) is 6.07 Å². The fourth-order valence-corrected chi connectivity index (χ4v) is 2.51. The molecule has 2 aromatic carbocycles. The zero-order chi connectivity index (χ0) is 22.8. The van der Waals surface area contributed by atoms with Crippen molar-refractivity contribution in [3.63, 3.8) is 0 Å². The summed E-state index contributed by atoms with van der Waals surface area (Å²) in [7, 11) is 0. The standard InChI is InChI=1S/C17H12F4N6O4/c1-9-23-24-25-26(9)10-2-4-13(18)14(6-10)22-16(28)12-7-11(31-8-17(19,20)21)3-5-15(12)27(29)30/h2-7H,8H2,1H3,(H,22,28). The van der Waals surface area contributed by atoms with Crippen molar-refractivity contribution in [2.45, 2.75) is 13.1 Å². The number of amides is 1. The summed E-state index contributed by atoms with van der Waals surface area (Å²) in [6.07, 6.45) is -4.65. The number of ether oxygens (including phenoxy) is 1. The Morgan fingerprint density at radius 1 is 1.26 bits per heavy atom. The Morgan fingerprint density at radius 3 is 2.61 bits per heavy atom. The van der Waals surface area contributed by atoms with Crippen LogP contribution < -0.4 is 10.1 Å². The highest BCUT2D eigenvalue weighted by Crippen LogP contribution is 2.27. The number of rotatable bonds is 6. The fraction of sp³-hybridized carbons (Fsp3) is 0.176. The van der Waals surface area contributed by atoms with Gasteiger partial charge in [-0.2, -0.15) is 17.9 Å². The lowest BCUT2D eigenvalue weighted by Crippen LogP contribution is -2.20. The molecule has 1 amide bonds. The van der Waals surface area contributed by atoms with E-state index in [0.717, 1.165) is 24.3 Å². The molecule has 10 nitrogen and oxygen atoms in total. The lowest BCUT2D eigenvalue weighted by molar-refractivity contribution is -0.385. The second-order valence-electron chi connectivity index (χ2n) is 6.10. The van der Waals surface area contributed by atoms with E-state index in [-0.39, 0.29) is 11.4 Å². The molecule has 0 fully saturated rings. The Balaban J connectivity index is 1.92. The Kier molecular flexibility index (Phi) is 5.81. The average Bonchev–Trinajstić information content (AvgIpc) is 3.13. The summed E-state index contributed by atoms with van der Waals surface area (Å²) in [6.45, 7) is -0.0781. The molecule has 14 heteroatoms. The van der Waals surface area contributed by atoms with Crippen LogP contribution in [0.25, 0.3) is 5.69 Å². The van der Waals surface area contributed by atoms with Crippen LogP contribution in [0.2, 0.25) is 0 Å². The predicted octanol–water partition coefficient (Wildman–Crippen LogP) is 3.21. The van der Waals surface area contributed by atoms with Gasteiger partial charge in [0.15, 0.2) is 12.4 Å². The molecule has 0 aliphatic rings. The molecule has 0 aliphatic carbocycles. The monoisotopic (exact) mass is 440 g/mol. The van der Waals surface area contributed by atoms with Gasteiger partial charge < -0.3 is 10.1 Å². The highest BCUT2D eigenvalue weighted by Gasteiger charge is 2.29. The first-order valence-electron chi connectivity index (χ1n) is 8.39. The van der Waals surface area contributed by atoms with Crippen LogP contribution in [-0.2, 0) is 0 Å². The van der Waals surface area contributed by atoms with Crippen molar-refractivity contribution in [2.75, 3.05) is 11.9 Å². The third kappa shape index (κ3) is 5.09. The van der Waals surface area contributed by atoms with Crippen LogP contribution in [0.15, 0.2) is 36.4 Å². The number of nitrogens with zero attached hydrogens (tertiary/aromatic N) is 5. The lowest BCUT2D eigenvalue weighted by atomic mass is 10.1. The number of nitro benzene ring substituents is 1. The number of halogens is 4. The minimum absolute atomic E-state index is 0.288. The molecule has 0 unspecified atom stereocenters. The second kappa shape index (κ2) is 8.33. The summed E-state index contributed by atoms with van der Waals surface area (Å²) in [4.78, 5) is 22.9. The van der Waals surface area contributed by atoms with Crippen molar-refractivity contribution in [3.05, 3.63) is 63.7 Å². The number of carbonyl (C=O) groups excluding carboxylic acids is 1. The molecule has 0 saturated carbocycles. The number of nitro groups is 1. The summed E-state index contributed by atoms with van der Waals surface area (Å²) in [5, 5.41) is 24.2. The number of hydrogen-bond acceptors (Lipinski definition) is 7. The van der Waals surface area contributed by atoms with E-state index in [1.54, 1.807) is 6.92 Å². The van der Waals surface area contributed by atoms with Crippen molar-refractivity contribution in [2.24, 2.45) is 0 Å². The van der Waals surface area contributed by atoms with E-state index in [0.29, 0.717) is 5.82 Å². The molecule has 0 bridgehead atoms. The van der Waals surface area contributed by atoms with Gasteiger partial charge in [0.1, 0.15) is 17.1 Å². The van der Waals surface area contributed by atoms with Crippen molar-refractivity contribution < 1.29 is 32.0 Å². The molecular formula is C17H12F4N6O4. The van der Waals surface area contributed by atoms with E-state index < -0.39 is 46.4 Å². The number of aryl methyl sites for hydroxylation is 1. The molecule has 1 heterocycles. The van der Waals surface area contributed by atoms with Gasteiger partial charge in [-0.25, -0.2) is 4.39 Å². The number of aromatic nitrogens is 4. The van der Waals surface area contributed by atoms with Gasteiger partial charge in [-0.05, 0) is 47.7 Å². The molecule has 0 spiro atoms. The predicted molar refractivity (Wildman–Crippen MR) is 96.4 cm³/mol. The molecule has 0 radical (unpaired) electrons. The molecule has 31 heavy (non-hydrogen) atoms. The van der Waals surface area contributed by atoms with Gasteiger partial charge in [0.05, 0.1) is 16.3 Å². The number of alkyl halides is 3. The minimum Gasteiger partial charge on any atom is -0.484 e. The quantitative estimate of drug-likeness (QED) is 0.354. The van der Waals surface area contributed by atoms with E-state index in [1.807, 2.05) is 0 Å². The van der Waals surface area contributed by atoms with Gasteiger partial charge in [-0.15, -0.1) is 5.10 Å². The second-order valence-corrected chi connectivity index (χ2v) is 6.10. The Bertz CT molecular complexity index is 1150. The van der Waals surface area contributed by atoms with Crippen molar-refractivity contribution in [3.8, 4) is 11.4 Å². The van der Waals surface area contributed by atoms with E-state index >= 15 is 0 Å². The minimum atomic E-state index is -4.65. The van der Waals surface area contributed by atoms with Gasteiger partial charge in [0.25, 0.3) is 11.6 Å². The third-order valence-corrected chi connectivity index (χ3v) is 3.88. The van der Waals surface area contributed by atoms with E-state index in [9.17, 15) is 32.5 Å². The molecule has 3 aromatic rings. The SMILES string of the molecule is Cc1nnnn1-c1ccc(F)c(NC(=O)c2cc(OCC(F)(F)F)ccc2[N+](=O)[O-])c1. The highest BCUT2D eigenvalue weighted by atomic mass is 19.4. The van der Waals surface area contributed by atoms with Crippen LogP contribution in [-0.4, -0.2) is 43.8 Å². The summed E-state index contributed by atoms with van der Waals surface area (Å²) < 4.78 is 57.1. The van der Waals surface area contributed by atoms with Crippen LogP contribution in [0.4, 0.5) is 28.9 Å². The lowest BCUT2D eigenvalue weighted by Gasteiger charge is -2.12. The number of anilines is 1. The molecule has 162 valence electrons. The maximum Gasteiger partial charge on any atom is 0.422 e. The molecule has 1 aromatic heterocycles. The van der Waals surface area contributed by atoms with Gasteiger partial charge in [-0.1, -0.05) is 0 Å². The summed E-state index contributed by atoms with van der Waals surface area (Å²) in [6, 6.07) is 6.05. The van der Waals surface area contributed by atoms with Gasteiger partial charge in [-0.3, -0.25) is 14.9 Å². The summed E-state index contributed by atoms with van der Waals surface area (Å²) >= 11 is 0. The smallest absolute Gasteiger partial charge is 0.422 e. The zero-order valence-electron chi connectivity index (χ0n) is 15.6. The molecular weight excluding hydrogens is 428 g/mol. The van der Waals surface area contributed by atoms with Crippen molar-refractivity contribution in [1.82, 2.24) is 20.2 Å². The van der Waals surface area contributed by atoms with Crippen LogP contribution >= 0.6 is 0 Å². The van der Waals surface area contributed by atoms with Crippen LogP contribution in [0.3, 0.4) is 0 Å². The Morgan fingerprint density at radius 2 is 2.00 bits per heavy atom. The Hall–Kier alpha value is -4.10. The van der Waals surface area contributed by atoms with Crippen LogP contribution in [0, 0.1) is 22.9 Å². The molecule has 1 N–H and O–H groups in total. The Labute approximate surface area is 170 Å². The summed E-state index contributed by atoms with van der Waals surface area (Å²) in [5.41, 5.74) is -1.39. The van der Waals surface area contributed by atoms with Gasteiger partial charge >= 0.3 is 6.18 Å². The highest BCUT2D eigenvalue weighted by molar-refractivity contribution is 6.07. The van der Waals surface area contributed by atoms with E-state index in [4.69, 9.17) is 0 Å². The number of tetrazole rings is 1.